The fraction of sp³-hybridized carbons (Fsp3) is 0.533. The zero-order valence-corrected chi connectivity index (χ0v) is 11.2. The standard InChI is InChI=1S/C15H22N2O/c1-3-4-13(7-8-18)11-17-15-6-5-14(10-16)12(2)9-15/h5-6,9,13,17-18H,3-4,7-8,11H2,1-2H3. The molecule has 1 atom stereocenters. The Bertz CT molecular complexity index is 403. The average molecular weight is 246 g/mol. The van der Waals surface area contributed by atoms with Gasteiger partial charge in [-0.25, -0.2) is 0 Å². The smallest absolute Gasteiger partial charge is 0.0994 e. The van der Waals surface area contributed by atoms with Crippen LogP contribution < -0.4 is 5.32 Å². The highest BCUT2D eigenvalue weighted by Crippen LogP contribution is 2.17. The molecule has 98 valence electrons. The Labute approximate surface area is 109 Å². The van der Waals surface area contributed by atoms with E-state index in [1.807, 2.05) is 25.1 Å². The van der Waals surface area contributed by atoms with E-state index in [-0.39, 0.29) is 6.61 Å². The maximum absolute atomic E-state index is 9.01. The van der Waals surface area contributed by atoms with Gasteiger partial charge in [-0.2, -0.15) is 5.26 Å². The second kappa shape index (κ2) is 7.73. The molecule has 1 aromatic rings. The molecule has 0 fully saturated rings. The van der Waals surface area contributed by atoms with Crippen molar-refractivity contribution >= 4 is 5.69 Å². The van der Waals surface area contributed by atoms with Crippen LogP contribution in [-0.4, -0.2) is 18.3 Å². The molecule has 0 radical (unpaired) electrons. The molecule has 0 aromatic heterocycles. The molecule has 0 spiro atoms. The SMILES string of the molecule is CCCC(CCO)CNc1ccc(C#N)c(C)c1. The summed E-state index contributed by atoms with van der Waals surface area (Å²) in [7, 11) is 0. The molecule has 0 aliphatic carbocycles. The minimum atomic E-state index is 0.249. The molecule has 0 heterocycles. The van der Waals surface area contributed by atoms with Gasteiger partial charge in [-0.15, -0.1) is 0 Å². The number of rotatable bonds is 7. The van der Waals surface area contributed by atoms with Gasteiger partial charge in [-0.1, -0.05) is 13.3 Å². The number of anilines is 1. The van der Waals surface area contributed by atoms with E-state index < -0.39 is 0 Å². The monoisotopic (exact) mass is 246 g/mol. The number of aliphatic hydroxyl groups excluding tert-OH is 1. The number of nitriles is 1. The maximum atomic E-state index is 9.01. The van der Waals surface area contributed by atoms with Gasteiger partial charge in [0.2, 0.25) is 0 Å². The van der Waals surface area contributed by atoms with E-state index in [0.717, 1.165) is 42.6 Å². The zero-order chi connectivity index (χ0) is 13.4. The van der Waals surface area contributed by atoms with E-state index in [9.17, 15) is 0 Å². The van der Waals surface area contributed by atoms with E-state index in [1.165, 1.54) is 0 Å². The van der Waals surface area contributed by atoms with Crippen LogP contribution in [0.2, 0.25) is 0 Å². The summed E-state index contributed by atoms with van der Waals surface area (Å²) in [5.74, 6) is 0.510. The largest absolute Gasteiger partial charge is 0.396 e. The van der Waals surface area contributed by atoms with Crippen LogP contribution in [0.5, 0.6) is 0 Å². The molecule has 0 bridgehead atoms. The fourth-order valence-electron chi connectivity index (χ4n) is 2.10. The molecule has 0 saturated carbocycles. The first-order valence-electron chi connectivity index (χ1n) is 6.56. The molecule has 18 heavy (non-hydrogen) atoms. The third-order valence-electron chi connectivity index (χ3n) is 3.18. The van der Waals surface area contributed by atoms with Crippen LogP contribution in [-0.2, 0) is 0 Å². The summed E-state index contributed by atoms with van der Waals surface area (Å²) >= 11 is 0. The Morgan fingerprint density at radius 3 is 2.72 bits per heavy atom. The minimum Gasteiger partial charge on any atom is -0.396 e. The lowest BCUT2D eigenvalue weighted by molar-refractivity contribution is 0.255. The summed E-state index contributed by atoms with van der Waals surface area (Å²) in [6, 6.07) is 7.95. The second-order valence-electron chi connectivity index (χ2n) is 4.69. The van der Waals surface area contributed by atoms with Gasteiger partial charge in [0.1, 0.15) is 0 Å². The van der Waals surface area contributed by atoms with Gasteiger partial charge in [0.05, 0.1) is 11.6 Å². The van der Waals surface area contributed by atoms with Crippen molar-refractivity contribution in [1.82, 2.24) is 0 Å². The number of nitrogens with one attached hydrogen (secondary N) is 1. The van der Waals surface area contributed by atoms with Gasteiger partial charge in [0.15, 0.2) is 0 Å². The highest BCUT2D eigenvalue weighted by molar-refractivity contribution is 5.51. The van der Waals surface area contributed by atoms with Crippen LogP contribution >= 0.6 is 0 Å². The van der Waals surface area contributed by atoms with E-state index in [1.54, 1.807) is 0 Å². The average Bonchev–Trinajstić information content (AvgIpc) is 2.36. The molecule has 0 saturated heterocycles. The van der Waals surface area contributed by atoms with Gasteiger partial charge in [-0.05, 0) is 49.4 Å². The van der Waals surface area contributed by atoms with E-state index in [2.05, 4.69) is 18.3 Å². The van der Waals surface area contributed by atoms with Gasteiger partial charge in [-0.3, -0.25) is 0 Å². The lowest BCUT2D eigenvalue weighted by atomic mass is 10.00. The van der Waals surface area contributed by atoms with Crippen molar-refractivity contribution in [1.29, 1.82) is 5.26 Å². The first-order valence-corrected chi connectivity index (χ1v) is 6.56. The van der Waals surface area contributed by atoms with Gasteiger partial charge in [0, 0.05) is 18.8 Å². The van der Waals surface area contributed by atoms with Crippen molar-refractivity contribution < 1.29 is 5.11 Å². The number of hydrogen-bond acceptors (Lipinski definition) is 3. The quantitative estimate of drug-likeness (QED) is 0.777. The van der Waals surface area contributed by atoms with Gasteiger partial charge >= 0.3 is 0 Å². The van der Waals surface area contributed by atoms with Crippen LogP contribution in [0, 0.1) is 24.2 Å². The number of aryl methyl sites for hydroxylation is 1. The third kappa shape index (κ3) is 4.38. The van der Waals surface area contributed by atoms with Crippen LogP contribution in [0.3, 0.4) is 0 Å². The summed E-state index contributed by atoms with van der Waals surface area (Å²) in [5.41, 5.74) is 2.77. The normalized spacial score (nSPS) is 11.9. The molecule has 3 heteroatoms. The molecule has 1 aromatic carbocycles. The first-order chi connectivity index (χ1) is 8.71. The van der Waals surface area contributed by atoms with Crippen LogP contribution in [0.25, 0.3) is 0 Å². The maximum Gasteiger partial charge on any atom is 0.0994 e. The van der Waals surface area contributed by atoms with Crippen LogP contribution in [0.15, 0.2) is 18.2 Å². The lowest BCUT2D eigenvalue weighted by Crippen LogP contribution is -2.15. The first kappa shape index (κ1) is 14.5. The van der Waals surface area contributed by atoms with Crippen molar-refractivity contribution in [3.8, 4) is 6.07 Å². The number of nitrogens with zero attached hydrogens (tertiary/aromatic N) is 1. The Morgan fingerprint density at radius 2 is 2.17 bits per heavy atom. The van der Waals surface area contributed by atoms with E-state index in [4.69, 9.17) is 10.4 Å². The highest BCUT2D eigenvalue weighted by Gasteiger charge is 2.07. The molecule has 0 aliphatic rings. The van der Waals surface area contributed by atoms with Crippen molar-refractivity contribution in [2.24, 2.45) is 5.92 Å². The summed E-state index contributed by atoms with van der Waals surface area (Å²) < 4.78 is 0. The fourth-order valence-corrected chi connectivity index (χ4v) is 2.10. The minimum absolute atomic E-state index is 0.249. The summed E-state index contributed by atoms with van der Waals surface area (Å²) in [5, 5.41) is 21.3. The predicted molar refractivity (Wildman–Crippen MR) is 74.5 cm³/mol. The summed E-state index contributed by atoms with van der Waals surface area (Å²) in [6.07, 6.45) is 3.11. The Morgan fingerprint density at radius 1 is 1.39 bits per heavy atom. The summed E-state index contributed by atoms with van der Waals surface area (Å²) in [6.45, 7) is 5.23. The molecule has 2 N–H and O–H groups in total. The Kier molecular flexibility index (Phi) is 6.24. The van der Waals surface area contributed by atoms with Crippen molar-refractivity contribution in [2.45, 2.75) is 33.1 Å². The van der Waals surface area contributed by atoms with E-state index in [0.29, 0.717) is 5.92 Å². The number of aliphatic hydroxyl groups is 1. The number of benzene rings is 1. The van der Waals surface area contributed by atoms with Crippen molar-refractivity contribution in [2.75, 3.05) is 18.5 Å². The van der Waals surface area contributed by atoms with E-state index >= 15 is 0 Å². The molecular formula is C15H22N2O. The van der Waals surface area contributed by atoms with Crippen LogP contribution in [0.4, 0.5) is 5.69 Å². The lowest BCUT2D eigenvalue weighted by Gasteiger charge is -2.16. The van der Waals surface area contributed by atoms with Gasteiger partial charge in [0.25, 0.3) is 0 Å². The second-order valence-corrected chi connectivity index (χ2v) is 4.69. The molecule has 3 nitrogen and oxygen atoms in total. The van der Waals surface area contributed by atoms with Gasteiger partial charge < -0.3 is 10.4 Å². The van der Waals surface area contributed by atoms with Crippen molar-refractivity contribution in [3.05, 3.63) is 29.3 Å². The predicted octanol–water partition coefficient (Wildman–Crippen LogP) is 3.08. The molecule has 1 unspecified atom stereocenters. The highest BCUT2D eigenvalue weighted by atomic mass is 16.3. The molecule has 0 aliphatic heterocycles. The Hall–Kier alpha value is -1.53. The third-order valence-corrected chi connectivity index (χ3v) is 3.18. The molecular weight excluding hydrogens is 224 g/mol. The summed E-state index contributed by atoms with van der Waals surface area (Å²) in [4.78, 5) is 0. The van der Waals surface area contributed by atoms with Crippen molar-refractivity contribution in [3.63, 3.8) is 0 Å². The molecule has 1 rings (SSSR count). The molecule has 0 amide bonds. The Balaban J connectivity index is 2.56. The van der Waals surface area contributed by atoms with Crippen LogP contribution in [0.1, 0.15) is 37.3 Å². The zero-order valence-electron chi connectivity index (χ0n) is 11.2. The number of hydrogen-bond donors (Lipinski definition) is 2. The topological polar surface area (TPSA) is 56.0 Å².